The van der Waals surface area contributed by atoms with E-state index in [0.717, 1.165) is 24.2 Å². The summed E-state index contributed by atoms with van der Waals surface area (Å²) in [6, 6.07) is 25.8. The van der Waals surface area contributed by atoms with Crippen molar-refractivity contribution < 1.29 is 13.2 Å². The van der Waals surface area contributed by atoms with Gasteiger partial charge in [-0.25, -0.2) is 4.83 Å². The number of benzene rings is 3. The van der Waals surface area contributed by atoms with Crippen LogP contribution in [0.1, 0.15) is 17.5 Å². The van der Waals surface area contributed by atoms with E-state index in [1.807, 2.05) is 42.5 Å². The van der Waals surface area contributed by atoms with Gasteiger partial charge in [0.2, 0.25) is 0 Å². The predicted octanol–water partition coefficient (Wildman–Crippen LogP) is 4.01. The summed E-state index contributed by atoms with van der Waals surface area (Å²) in [5.41, 5.74) is 2.07. The van der Waals surface area contributed by atoms with E-state index in [0.29, 0.717) is 6.61 Å². The molecule has 6 heteroatoms. The zero-order chi connectivity index (χ0) is 19.7. The number of hydrogen-bond donors (Lipinski definition) is 1. The van der Waals surface area contributed by atoms with Crippen LogP contribution in [0.4, 0.5) is 0 Å². The normalized spacial score (nSPS) is 11.4. The van der Waals surface area contributed by atoms with Crippen molar-refractivity contribution >= 4 is 16.2 Å². The summed E-state index contributed by atoms with van der Waals surface area (Å²) >= 11 is 0. The van der Waals surface area contributed by atoms with Gasteiger partial charge in [0.1, 0.15) is 5.75 Å². The van der Waals surface area contributed by atoms with Gasteiger partial charge in [-0.15, -0.1) is 0 Å². The van der Waals surface area contributed by atoms with Crippen molar-refractivity contribution in [3.63, 3.8) is 0 Å². The highest BCUT2D eigenvalue weighted by Crippen LogP contribution is 2.12. The maximum atomic E-state index is 12.1. The molecule has 3 aromatic carbocycles. The monoisotopic (exact) mass is 394 g/mol. The van der Waals surface area contributed by atoms with Crippen LogP contribution < -0.4 is 9.57 Å². The molecule has 28 heavy (non-hydrogen) atoms. The summed E-state index contributed by atoms with van der Waals surface area (Å²) in [5.74, 6) is 0.773. The molecular formula is C22H22N2O3S. The van der Waals surface area contributed by atoms with Crippen LogP contribution >= 0.6 is 0 Å². The van der Waals surface area contributed by atoms with Gasteiger partial charge in [0, 0.05) is 0 Å². The predicted molar refractivity (Wildman–Crippen MR) is 111 cm³/mol. The zero-order valence-corrected chi connectivity index (χ0v) is 16.2. The van der Waals surface area contributed by atoms with E-state index in [1.54, 1.807) is 18.2 Å². The quantitative estimate of drug-likeness (QED) is 0.339. The first-order valence-corrected chi connectivity index (χ1v) is 10.5. The van der Waals surface area contributed by atoms with Crippen molar-refractivity contribution in [3.8, 4) is 5.75 Å². The van der Waals surface area contributed by atoms with Gasteiger partial charge in [0.25, 0.3) is 10.0 Å². The Bertz CT molecular complexity index is 987. The average molecular weight is 394 g/mol. The molecule has 0 saturated carbocycles. The molecule has 5 nitrogen and oxygen atoms in total. The van der Waals surface area contributed by atoms with E-state index in [4.69, 9.17) is 4.74 Å². The van der Waals surface area contributed by atoms with Gasteiger partial charge in [-0.1, -0.05) is 48.5 Å². The summed E-state index contributed by atoms with van der Waals surface area (Å²) in [4.78, 5) is 2.38. The molecule has 0 aliphatic carbocycles. The molecule has 0 aromatic heterocycles. The van der Waals surface area contributed by atoms with E-state index >= 15 is 0 Å². The molecule has 0 atom stereocenters. The third-order valence-electron chi connectivity index (χ3n) is 4.04. The summed E-state index contributed by atoms with van der Waals surface area (Å²) in [7, 11) is -3.65. The Labute approximate surface area is 165 Å². The lowest BCUT2D eigenvalue weighted by Crippen LogP contribution is -2.18. The first-order valence-electron chi connectivity index (χ1n) is 9.00. The van der Waals surface area contributed by atoms with Crippen LogP contribution in [0.5, 0.6) is 5.75 Å². The zero-order valence-electron chi connectivity index (χ0n) is 15.4. The first-order chi connectivity index (χ1) is 13.6. The molecule has 0 aliphatic rings. The molecule has 0 aliphatic heterocycles. The summed E-state index contributed by atoms with van der Waals surface area (Å²) in [5, 5.41) is 3.82. The Balaban J connectivity index is 1.45. The third-order valence-corrected chi connectivity index (χ3v) is 5.28. The van der Waals surface area contributed by atoms with E-state index < -0.39 is 10.0 Å². The molecule has 3 aromatic rings. The third kappa shape index (κ3) is 5.96. The van der Waals surface area contributed by atoms with Crippen molar-refractivity contribution in [2.45, 2.75) is 17.7 Å². The van der Waals surface area contributed by atoms with Crippen molar-refractivity contribution in [2.24, 2.45) is 5.10 Å². The van der Waals surface area contributed by atoms with Crippen molar-refractivity contribution in [1.29, 1.82) is 0 Å². The second kappa shape index (κ2) is 9.71. The standard InChI is InChI=1S/C22H22N2O3S/c25-28(26,22-11-5-2-6-12-22)24-23-18-20-13-15-21(16-14-20)27-17-7-10-19-8-3-1-4-9-19/h1-6,8-9,11-16,18,24H,7,10,17H2/b23-18+. The maximum Gasteiger partial charge on any atom is 0.276 e. The van der Waals surface area contributed by atoms with Crippen LogP contribution in [0.3, 0.4) is 0 Å². The molecule has 0 heterocycles. The minimum Gasteiger partial charge on any atom is -0.494 e. The van der Waals surface area contributed by atoms with Gasteiger partial charge in [0.15, 0.2) is 0 Å². The summed E-state index contributed by atoms with van der Waals surface area (Å²) in [6.07, 6.45) is 3.38. The number of rotatable bonds is 9. The fraction of sp³-hybridized carbons (Fsp3) is 0.136. The lowest BCUT2D eigenvalue weighted by atomic mass is 10.1. The molecule has 144 valence electrons. The Morgan fingerprint density at radius 2 is 1.50 bits per heavy atom. The highest BCUT2D eigenvalue weighted by atomic mass is 32.2. The molecule has 1 N–H and O–H groups in total. The van der Waals surface area contributed by atoms with Gasteiger partial charge >= 0.3 is 0 Å². The minimum atomic E-state index is -3.65. The molecular weight excluding hydrogens is 372 g/mol. The Morgan fingerprint density at radius 3 is 2.18 bits per heavy atom. The molecule has 0 fully saturated rings. The SMILES string of the molecule is O=S(=O)(N/N=C/c1ccc(OCCCc2ccccc2)cc1)c1ccccc1. The minimum absolute atomic E-state index is 0.173. The average Bonchev–Trinajstić information content (AvgIpc) is 2.74. The van der Waals surface area contributed by atoms with Gasteiger partial charge < -0.3 is 4.74 Å². The molecule has 0 saturated heterocycles. The number of sulfonamides is 1. The van der Waals surface area contributed by atoms with Gasteiger partial charge in [-0.2, -0.15) is 13.5 Å². The van der Waals surface area contributed by atoms with E-state index in [2.05, 4.69) is 22.1 Å². The largest absolute Gasteiger partial charge is 0.494 e. The van der Waals surface area contributed by atoms with Crippen LogP contribution in [0.2, 0.25) is 0 Å². The highest BCUT2D eigenvalue weighted by Gasteiger charge is 2.10. The number of nitrogens with zero attached hydrogens (tertiary/aromatic N) is 1. The Hall–Kier alpha value is -3.12. The molecule has 0 amide bonds. The lowest BCUT2D eigenvalue weighted by Gasteiger charge is -2.06. The van der Waals surface area contributed by atoms with Crippen molar-refractivity contribution in [2.75, 3.05) is 6.61 Å². The number of hydrazone groups is 1. The lowest BCUT2D eigenvalue weighted by molar-refractivity contribution is 0.311. The smallest absolute Gasteiger partial charge is 0.276 e. The van der Waals surface area contributed by atoms with Crippen molar-refractivity contribution in [1.82, 2.24) is 4.83 Å². The van der Waals surface area contributed by atoms with Crippen LogP contribution in [-0.2, 0) is 16.4 Å². The van der Waals surface area contributed by atoms with Gasteiger partial charge in [-0.3, -0.25) is 0 Å². The van der Waals surface area contributed by atoms with Gasteiger partial charge in [0.05, 0.1) is 17.7 Å². The number of aryl methyl sites for hydroxylation is 1. The van der Waals surface area contributed by atoms with Gasteiger partial charge in [-0.05, 0) is 60.4 Å². The van der Waals surface area contributed by atoms with E-state index in [1.165, 1.54) is 23.9 Å². The second-order valence-corrected chi connectivity index (χ2v) is 7.83. The van der Waals surface area contributed by atoms with E-state index in [-0.39, 0.29) is 4.90 Å². The second-order valence-electron chi connectivity index (χ2n) is 6.17. The molecule has 3 rings (SSSR count). The molecule has 0 bridgehead atoms. The van der Waals surface area contributed by atoms with Crippen LogP contribution in [-0.4, -0.2) is 21.2 Å². The highest BCUT2D eigenvalue weighted by molar-refractivity contribution is 7.89. The van der Waals surface area contributed by atoms with Crippen molar-refractivity contribution in [3.05, 3.63) is 96.1 Å². The number of nitrogens with one attached hydrogen (secondary N) is 1. The topological polar surface area (TPSA) is 67.8 Å². The Morgan fingerprint density at radius 1 is 0.857 bits per heavy atom. The van der Waals surface area contributed by atoms with E-state index in [9.17, 15) is 8.42 Å². The fourth-order valence-electron chi connectivity index (χ4n) is 2.58. The Kier molecular flexibility index (Phi) is 6.81. The maximum absolute atomic E-state index is 12.1. The number of hydrogen-bond acceptors (Lipinski definition) is 4. The summed E-state index contributed by atoms with van der Waals surface area (Å²) in [6.45, 7) is 0.638. The molecule has 0 spiro atoms. The molecule has 0 radical (unpaired) electrons. The summed E-state index contributed by atoms with van der Waals surface area (Å²) < 4.78 is 29.9. The fourth-order valence-corrected chi connectivity index (χ4v) is 3.40. The van der Waals surface area contributed by atoms with Crippen LogP contribution in [0, 0.1) is 0 Å². The molecule has 0 unspecified atom stereocenters. The number of ether oxygens (including phenoxy) is 1. The van der Waals surface area contributed by atoms with Crippen LogP contribution in [0.25, 0.3) is 0 Å². The van der Waals surface area contributed by atoms with Crippen LogP contribution in [0.15, 0.2) is 94.9 Å². The first kappa shape index (κ1) is 19.6.